The number of aromatic nitrogens is 3. The largest absolute Gasteiger partial charge is 0.288 e. The quantitative estimate of drug-likeness (QED) is 0.655. The molecule has 3 nitrogen and oxygen atoms in total. The molecule has 18 heavy (non-hydrogen) atoms. The molecule has 0 fully saturated rings. The van der Waals surface area contributed by atoms with Crippen LogP contribution in [-0.2, 0) is 0 Å². The summed E-state index contributed by atoms with van der Waals surface area (Å²) in [4.78, 5) is 8.82. The lowest BCUT2D eigenvalue weighted by Gasteiger charge is -2.05. The Hall–Kier alpha value is -2.23. The zero-order valence-corrected chi connectivity index (χ0v) is 10.2. The minimum absolute atomic E-state index is 0.239. The number of benzene rings is 1. The maximum absolute atomic E-state index is 12.9. The molecular weight excluding hydrogens is 229 g/mol. The lowest BCUT2D eigenvalue weighted by atomic mass is 10.1. The van der Waals surface area contributed by atoms with Gasteiger partial charge in [0.05, 0.1) is 11.4 Å². The fourth-order valence-electron chi connectivity index (χ4n) is 2.01. The molecule has 0 saturated carbocycles. The average molecular weight is 241 g/mol. The second-order valence-corrected chi connectivity index (χ2v) is 4.31. The van der Waals surface area contributed by atoms with Gasteiger partial charge in [0, 0.05) is 11.3 Å². The van der Waals surface area contributed by atoms with Gasteiger partial charge in [-0.3, -0.25) is 4.40 Å². The van der Waals surface area contributed by atoms with Crippen LogP contribution >= 0.6 is 0 Å². The van der Waals surface area contributed by atoms with Crippen molar-refractivity contribution < 1.29 is 4.39 Å². The van der Waals surface area contributed by atoms with Crippen LogP contribution in [0.15, 0.2) is 36.7 Å². The number of imidazole rings is 1. The Balaban J connectivity index is 2.23. The van der Waals surface area contributed by atoms with E-state index in [0.29, 0.717) is 0 Å². The summed E-state index contributed by atoms with van der Waals surface area (Å²) in [5.74, 6) is -0.239. The standard InChI is InChI=1S/C14H12FN3/c1-9-7-13(11-3-5-12(15)6-4-11)17-14-10(2)16-8-18(9)14/h3-8H,1-2H3. The van der Waals surface area contributed by atoms with E-state index < -0.39 is 0 Å². The highest BCUT2D eigenvalue weighted by molar-refractivity contribution is 5.63. The molecule has 0 saturated heterocycles. The molecular formula is C14H12FN3. The Morgan fingerprint density at radius 2 is 1.83 bits per heavy atom. The molecule has 0 radical (unpaired) electrons. The summed E-state index contributed by atoms with van der Waals surface area (Å²) in [5, 5.41) is 0. The number of hydrogen-bond acceptors (Lipinski definition) is 2. The highest BCUT2D eigenvalue weighted by Crippen LogP contribution is 2.20. The van der Waals surface area contributed by atoms with Crippen molar-refractivity contribution >= 4 is 5.65 Å². The Morgan fingerprint density at radius 3 is 2.56 bits per heavy atom. The summed E-state index contributed by atoms with van der Waals surface area (Å²) < 4.78 is 14.9. The second kappa shape index (κ2) is 3.91. The predicted molar refractivity (Wildman–Crippen MR) is 67.9 cm³/mol. The van der Waals surface area contributed by atoms with Crippen molar-refractivity contribution in [1.29, 1.82) is 0 Å². The molecule has 0 aliphatic heterocycles. The van der Waals surface area contributed by atoms with Crippen molar-refractivity contribution in [2.75, 3.05) is 0 Å². The zero-order valence-electron chi connectivity index (χ0n) is 10.2. The van der Waals surface area contributed by atoms with Crippen molar-refractivity contribution in [3.8, 4) is 11.3 Å². The second-order valence-electron chi connectivity index (χ2n) is 4.31. The van der Waals surface area contributed by atoms with Gasteiger partial charge >= 0.3 is 0 Å². The van der Waals surface area contributed by atoms with E-state index in [1.165, 1.54) is 12.1 Å². The van der Waals surface area contributed by atoms with Gasteiger partial charge in [0.15, 0.2) is 5.65 Å². The molecule has 90 valence electrons. The van der Waals surface area contributed by atoms with Gasteiger partial charge in [0.2, 0.25) is 0 Å². The van der Waals surface area contributed by atoms with Crippen LogP contribution in [0.1, 0.15) is 11.4 Å². The van der Waals surface area contributed by atoms with Gasteiger partial charge in [0.25, 0.3) is 0 Å². The number of fused-ring (bicyclic) bond motifs is 1. The van der Waals surface area contributed by atoms with Crippen LogP contribution < -0.4 is 0 Å². The van der Waals surface area contributed by atoms with Crippen molar-refractivity contribution in [3.05, 3.63) is 53.9 Å². The fraction of sp³-hybridized carbons (Fsp3) is 0.143. The zero-order chi connectivity index (χ0) is 12.7. The van der Waals surface area contributed by atoms with E-state index in [4.69, 9.17) is 0 Å². The molecule has 2 heterocycles. The third-order valence-corrected chi connectivity index (χ3v) is 3.01. The fourth-order valence-corrected chi connectivity index (χ4v) is 2.01. The minimum Gasteiger partial charge on any atom is -0.288 e. The molecule has 1 aromatic carbocycles. The lowest BCUT2D eigenvalue weighted by molar-refractivity contribution is 0.628. The highest BCUT2D eigenvalue weighted by Gasteiger charge is 2.07. The SMILES string of the molecule is Cc1ncn2c(C)cc(-c3ccc(F)cc3)nc12. The molecule has 0 amide bonds. The monoisotopic (exact) mass is 241 g/mol. The third-order valence-electron chi connectivity index (χ3n) is 3.01. The van der Waals surface area contributed by atoms with Crippen LogP contribution in [0, 0.1) is 19.7 Å². The Kier molecular flexibility index (Phi) is 2.37. The first kappa shape index (κ1) is 10.9. The van der Waals surface area contributed by atoms with Crippen LogP contribution in [0.2, 0.25) is 0 Å². The van der Waals surface area contributed by atoms with E-state index in [-0.39, 0.29) is 5.82 Å². The van der Waals surface area contributed by atoms with Crippen LogP contribution in [0.5, 0.6) is 0 Å². The van der Waals surface area contributed by atoms with Gasteiger partial charge in [-0.25, -0.2) is 14.4 Å². The van der Waals surface area contributed by atoms with Gasteiger partial charge in [-0.1, -0.05) is 0 Å². The normalized spacial score (nSPS) is 11.1. The molecule has 0 aliphatic carbocycles. The van der Waals surface area contributed by atoms with E-state index in [0.717, 1.165) is 28.3 Å². The summed E-state index contributed by atoms with van der Waals surface area (Å²) >= 11 is 0. The van der Waals surface area contributed by atoms with Gasteiger partial charge in [-0.15, -0.1) is 0 Å². The molecule has 3 aromatic rings. The van der Waals surface area contributed by atoms with Gasteiger partial charge in [0.1, 0.15) is 12.1 Å². The number of nitrogens with zero attached hydrogens (tertiary/aromatic N) is 3. The number of hydrogen-bond donors (Lipinski definition) is 0. The molecule has 0 bridgehead atoms. The van der Waals surface area contributed by atoms with E-state index in [1.807, 2.05) is 24.3 Å². The van der Waals surface area contributed by atoms with Crippen molar-refractivity contribution in [2.45, 2.75) is 13.8 Å². The molecule has 2 aromatic heterocycles. The molecule has 0 atom stereocenters. The summed E-state index contributed by atoms with van der Waals surface area (Å²) in [6.45, 7) is 3.93. The Morgan fingerprint density at radius 1 is 1.11 bits per heavy atom. The van der Waals surface area contributed by atoms with E-state index in [9.17, 15) is 4.39 Å². The highest BCUT2D eigenvalue weighted by atomic mass is 19.1. The van der Waals surface area contributed by atoms with Crippen LogP contribution in [0.4, 0.5) is 4.39 Å². The first-order valence-electron chi connectivity index (χ1n) is 5.72. The van der Waals surface area contributed by atoms with Crippen LogP contribution in [-0.4, -0.2) is 14.4 Å². The van der Waals surface area contributed by atoms with E-state index >= 15 is 0 Å². The van der Waals surface area contributed by atoms with Crippen LogP contribution in [0.25, 0.3) is 16.9 Å². The average Bonchev–Trinajstić information content (AvgIpc) is 2.73. The number of halogens is 1. The van der Waals surface area contributed by atoms with E-state index in [1.54, 1.807) is 18.5 Å². The Labute approximate surface area is 104 Å². The van der Waals surface area contributed by atoms with Crippen molar-refractivity contribution in [1.82, 2.24) is 14.4 Å². The van der Waals surface area contributed by atoms with Crippen molar-refractivity contribution in [3.63, 3.8) is 0 Å². The van der Waals surface area contributed by atoms with Gasteiger partial charge in [-0.2, -0.15) is 0 Å². The third kappa shape index (κ3) is 1.66. The van der Waals surface area contributed by atoms with Gasteiger partial charge in [-0.05, 0) is 44.2 Å². The Bertz CT molecular complexity index is 714. The smallest absolute Gasteiger partial charge is 0.160 e. The minimum atomic E-state index is -0.239. The lowest BCUT2D eigenvalue weighted by Crippen LogP contribution is -1.95. The summed E-state index contributed by atoms with van der Waals surface area (Å²) in [6.07, 6.45) is 1.77. The maximum atomic E-state index is 12.9. The van der Waals surface area contributed by atoms with E-state index in [2.05, 4.69) is 9.97 Å². The molecule has 0 unspecified atom stereocenters. The summed E-state index contributed by atoms with van der Waals surface area (Å²) in [7, 11) is 0. The predicted octanol–water partition coefficient (Wildman–Crippen LogP) is 3.15. The van der Waals surface area contributed by atoms with Crippen LogP contribution in [0.3, 0.4) is 0 Å². The first-order valence-corrected chi connectivity index (χ1v) is 5.72. The number of aryl methyl sites for hydroxylation is 2. The first-order chi connectivity index (χ1) is 8.65. The summed E-state index contributed by atoms with van der Waals surface area (Å²) in [6, 6.07) is 8.33. The molecule has 0 N–H and O–H groups in total. The molecule has 4 heteroatoms. The molecule has 3 rings (SSSR count). The maximum Gasteiger partial charge on any atom is 0.160 e. The van der Waals surface area contributed by atoms with Crippen molar-refractivity contribution in [2.24, 2.45) is 0 Å². The topological polar surface area (TPSA) is 30.2 Å². The van der Waals surface area contributed by atoms with Gasteiger partial charge < -0.3 is 0 Å². The number of rotatable bonds is 1. The molecule has 0 aliphatic rings. The molecule has 0 spiro atoms. The summed E-state index contributed by atoms with van der Waals surface area (Å²) in [5.41, 5.74) is 4.53.